The Bertz CT molecular complexity index is 833. The van der Waals surface area contributed by atoms with E-state index in [9.17, 15) is 0 Å². The standard InChI is InChI=1S/C14H10Cl2N2S/c1-8-2-4-10(7-11(8)16)18-13-5-3-9(15)6-12(13)17-14(18)19/h2-7H,1H3,(H,17,19). The first-order valence-corrected chi connectivity index (χ1v) is 6.89. The molecule has 1 heterocycles. The third-order valence-electron chi connectivity index (χ3n) is 3.06. The Morgan fingerprint density at radius 1 is 1.11 bits per heavy atom. The van der Waals surface area contributed by atoms with Crippen LogP contribution in [0.15, 0.2) is 36.4 Å². The monoisotopic (exact) mass is 308 g/mol. The summed E-state index contributed by atoms with van der Waals surface area (Å²) >= 11 is 17.5. The summed E-state index contributed by atoms with van der Waals surface area (Å²) in [6.45, 7) is 1.97. The lowest BCUT2D eigenvalue weighted by Gasteiger charge is -2.06. The number of nitrogens with one attached hydrogen (secondary N) is 1. The third-order valence-corrected chi connectivity index (χ3v) is 3.98. The van der Waals surface area contributed by atoms with Crippen molar-refractivity contribution >= 4 is 46.5 Å². The second-order valence-corrected chi connectivity index (χ2v) is 5.59. The van der Waals surface area contributed by atoms with Crippen LogP contribution >= 0.6 is 35.4 Å². The quantitative estimate of drug-likeness (QED) is 0.605. The zero-order valence-electron chi connectivity index (χ0n) is 10.1. The average molecular weight is 309 g/mol. The van der Waals surface area contributed by atoms with Gasteiger partial charge in [0, 0.05) is 15.7 Å². The number of H-pyrrole nitrogens is 1. The topological polar surface area (TPSA) is 20.7 Å². The Balaban J connectivity index is 2.32. The van der Waals surface area contributed by atoms with Crippen molar-refractivity contribution in [1.82, 2.24) is 9.55 Å². The molecule has 1 aromatic heterocycles. The number of nitrogens with zero attached hydrogens (tertiary/aromatic N) is 1. The van der Waals surface area contributed by atoms with Crippen LogP contribution in [0.25, 0.3) is 16.7 Å². The molecule has 0 aliphatic heterocycles. The summed E-state index contributed by atoms with van der Waals surface area (Å²) in [5, 5.41) is 1.40. The predicted molar refractivity (Wildman–Crippen MR) is 83.2 cm³/mol. The Kier molecular flexibility index (Phi) is 3.13. The number of halogens is 2. The molecule has 3 rings (SSSR count). The van der Waals surface area contributed by atoms with Gasteiger partial charge in [-0.1, -0.05) is 29.3 Å². The van der Waals surface area contributed by atoms with Gasteiger partial charge in [-0.15, -0.1) is 0 Å². The highest BCUT2D eigenvalue weighted by atomic mass is 35.5. The highest BCUT2D eigenvalue weighted by Crippen LogP contribution is 2.25. The van der Waals surface area contributed by atoms with Gasteiger partial charge in [0.25, 0.3) is 0 Å². The van der Waals surface area contributed by atoms with Crippen LogP contribution in [0.3, 0.4) is 0 Å². The summed E-state index contributed by atoms with van der Waals surface area (Å²) in [7, 11) is 0. The van der Waals surface area contributed by atoms with Crippen LogP contribution in [-0.4, -0.2) is 9.55 Å². The van der Waals surface area contributed by atoms with Crippen molar-refractivity contribution in [3.63, 3.8) is 0 Å². The zero-order valence-corrected chi connectivity index (χ0v) is 12.4. The maximum atomic E-state index is 6.18. The second kappa shape index (κ2) is 4.67. The first kappa shape index (κ1) is 12.7. The molecule has 5 heteroatoms. The van der Waals surface area contributed by atoms with Crippen molar-refractivity contribution in [3.8, 4) is 5.69 Å². The first-order chi connectivity index (χ1) is 9.06. The van der Waals surface area contributed by atoms with Gasteiger partial charge in [0.1, 0.15) is 0 Å². The molecule has 0 saturated carbocycles. The van der Waals surface area contributed by atoms with E-state index in [-0.39, 0.29) is 0 Å². The molecule has 1 N–H and O–H groups in total. The molecule has 0 spiro atoms. The molecule has 3 aromatic rings. The van der Waals surface area contributed by atoms with Gasteiger partial charge in [-0.3, -0.25) is 4.57 Å². The van der Waals surface area contributed by atoms with E-state index in [4.69, 9.17) is 35.4 Å². The van der Waals surface area contributed by atoms with E-state index < -0.39 is 0 Å². The van der Waals surface area contributed by atoms with Crippen LogP contribution in [0.2, 0.25) is 10.0 Å². The molecule has 0 radical (unpaired) electrons. The van der Waals surface area contributed by atoms with Crippen molar-refractivity contribution in [2.24, 2.45) is 0 Å². The maximum Gasteiger partial charge on any atom is 0.182 e. The first-order valence-electron chi connectivity index (χ1n) is 5.73. The fraction of sp³-hybridized carbons (Fsp3) is 0.0714. The maximum absolute atomic E-state index is 6.18. The van der Waals surface area contributed by atoms with Gasteiger partial charge < -0.3 is 4.98 Å². The van der Waals surface area contributed by atoms with Crippen LogP contribution in [-0.2, 0) is 0 Å². The minimum atomic E-state index is 0.622. The lowest BCUT2D eigenvalue weighted by molar-refractivity contribution is 1.06. The molecular weight excluding hydrogens is 299 g/mol. The van der Waals surface area contributed by atoms with Crippen molar-refractivity contribution < 1.29 is 0 Å². The summed E-state index contributed by atoms with van der Waals surface area (Å²) < 4.78 is 2.57. The molecule has 96 valence electrons. The predicted octanol–water partition coefficient (Wildman–Crippen LogP) is 5.30. The summed E-state index contributed by atoms with van der Waals surface area (Å²) in [5.41, 5.74) is 3.87. The summed E-state index contributed by atoms with van der Waals surface area (Å²) in [5.74, 6) is 0. The molecule has 0 aliphatic carbocycles. The number of aromatic nitrogens is 2. The molecule has 0 amide bonds. The molecule has 0 atom stereocenters. The number of hydrogen-bond acceptors (Lipinski definition) is 1. The van der Waals surface area contributed by atoms with E-state index in [0.717, 1.165) is 27.3 Å². The number of fused-ring (bicyclic) bond motifs is 1. The van der Waals surface area contributed by atoms with Gasteiger partial charge in [-0.05, 0) is 55.0 Å². The molecular formula is C14H10Cl2N2S. The number of rotatable bonds is 1. The Morgan fingerprint density at radius 2 is 1.89 bits per heavy atom. The lowest BCUT2D eigenvalue weighted by atomic mass is 10.2. The van der Waals surface area contributed by atoms with Crippen molar-refractivity contribution in [1.29, 1.82) is 0 Å². The van der Waals surface area contributed by atoms with Crippen LogP contribution < -0.4 is 0 Å². The fourth-order valence-electron chi connectivity index (χ4n) is 2.06. The van der Waals surface area contributed by atoms with E-state index in [0.29, 0.717) is 9.79 Å². The molecule has 0 fully saturated rings. The molecule has 0 bridgehead atoms. The van der Waals surface area contributed by atoms with Crippen LogP contribution in [0.1, 0.15) is 5.56 Å². The third kappa shape index (κ3) is 2.18. The molecule has 19 heavy (non-hydrogen) atoms. The SMILES string of the molecule is Cc1ccc(-n2c(=S)[nH]c3cc(Cl)ccc32)cc1Cl. The lowest BCUT2D eigenvalue weighted by Crippen LogP contribution is -1.94. The Hall–Kier alpha value is -1.29. The van der Waals surface area contributed by atoms with Gasteiger partial charge in [0.05, 0.1) is 11.0 Å². The number of hydrogen-bond donors (Lipinski definition) is 1. The normalized spacial score (nSPS) is 11.1. The number of aryl methyl sites for hydroxylation is 1. The van der Waals surface area contributed by atoms with Gasteiger partial charge in [0.15, 0.2) is 4.77 Å². The molecule has 2 aromatic carbocycles. The van der Waals surface area contributed by atoms with Crippen LogP contribution in [0.4, 0.5) is 0 Å². The van der Waals surface area contributed by atoms with Gasteiger partial charge >= 0.3 is 0 Å². The van der Waals surface area contributed by atoms with E-state index >= 15 is 0 Å². The minimum absolute atomic E-state index is 0.622. The fourth-order valence-corrected chi connectivity index (χ4v) is 2.72. The minimum Gasteiger partial charge on any atom is -0.330 e. The Morgan fingerprint density at radius 3 is 2.63 bits per heavy atom. The summed E-state index contributed by atoms with van der Waals surface area (Å²) in [6.07, 6.45) is 0. The molecule has 0 unspecified atom stereocenters. The van der Waals surface area contributed by atoms with Crippen LogP contribution in [0, 0.1) is 11.7 Å². The Labute approximate surface area is 125 Å². The molecule has 0 aliphatic rings. The van der Waals surface area contributed by atoms with E-state index in [1.165, 1.54) is 0 Å². The highest BCUT2D eigenvalue weighted by molar-refractivity contribution is 7.71. The van der Waals surface area contributed by atoms with Gasteiger partial charge in [-0.2, -0.15) is 0 Å². The number of benzene rings is 2. The van der Waals surface area contributed by atoms with Crippen molar-refractivity contribution in [3.05, 3.63) is 56.8 Å². The smallest absolute Gasteiger partial charge is 0.182 e. The van der Waals surface area contributed by atoms with Crippen molar-refractivity contribution in [2.45, 2.75) is 6.92 Å². The number of aromatic amines is 1. The zero-order chi connectivity index (χ0) is 13.6. The highest BCUT2D eigenvalue weighted by Gasteiger charge is 2.08. The molecule has 2 nitrogen and oxygen atoms in total. The average Bonchev–Trinajstić information content (AvgIpc) is 2.68. The summed E-state index contributed by atoms with van der Waals surface area (Å²) in [4.78, 5) is 3.15. The van der Waals surface area contributed by atoms with Gasteiger partial charge in [0.2, 0.25) is 0 Å². The second-order valence-electron chi connectivity index (χ2n) is 4.36. The van der Waals surface area contributed by atoms with Gasteiger partial charge in [-0.25, -0.2) is 0 Å². The summed E-state index contributed by atoms with van der Waals surface area (Å²) in [6, 6.07) is 11.5. The van der Waals surface area contributed by atoms with E-state index in [1.54, 1.807) is 0 Å². The van der Waals surface area contributed by atoms with E-state index in [1.807, 2.05) is 47.9 Å². The largest absolute Gasteiger partial charge is 0.330 e. The van der Waals surface area contributed by atoms with Crippen LogP contribution in [0.5, 0.6) is 0 Å². The number of imidazole rings is 1. The van der Waals surface area contributed by atoms with E-state index in [2.05, 4.69) is 4.98 Å². The molecule has 0 saturated heterocycles. The van der Waals surface area contributed by atoms with Crippen molar-refractivity contribution in [2.75, 3.05) is 0 Å².